The zero-order valence-corrected chi connectivity index (χ0v) is 16.3. The van der Waals surface area contributed by atoms with Gasteiger partial charge in [0.05, 0.1) is 0 Å². The second-order valence-corrected chi connectivity index (χ2v) is 8.20. The maximum atomic E-state index is 12.2. The molecule has 1 N–H and O–H groups in total. The molecule has 0 aliphatic rings. The van der Waals surface area contributed by atoms with Crippen LogP contribution in [0.3, 0.4) is 0 Å². The molecule has 0 aliphatic heterocycles. The van der Waals surface area contributed by atoms with Crippen LogP contribution in [0.25, 0.3) is 0 Å². The van der Waals surface area contributed by atoms with Crippen LogP contribution in [0, 0.1) is 6.92 Å². The minimum atomic E-state index is -0.207. The number of hydrogen-bond donors (Lipinski definition) is 1. The molecule has 2 aromatic carbocycles. The molecule has 1 aromatic heterocycles. The van der Waals surface area contributed by atoms with Gasteiger partial charge in [0.2, 0.25) is 5.13 Å². The summed E-state index contributed by atoms with van der Waals surface area (Å²) in [5.41, 5.74) is 2.54. The molecule has 0 aliphatic carbocycles. The average molecular weight is 410 g/mol. The van der Waals surface area contributed by atoms with Crippen molar-refractivity contribution < 1.29 is 4.79 Å². The van der Waals surface area contributed by atoms with Gasteiger partial charge in [-0.1, -0.05) is 70.1 Å². The Kier molecular flexibility index (Phi) is 5.96. The van der Waals surface area contributed by atoms with Crippen molar-refractivity contribution in [1.82, 2.24) is 10.2 Å². The van der Waals surface area contributed by atoms with Gasteiger partial charge in [-0.25, -0.2) is 0 Å². The van der Waals surface area contributed by atoms with Crippen LogP contribution in [0.2, 0.25) is 10.0 Å². The summed E-state index contributed by atoms with van der Waals surface area (Å²) in [7, 11) is 0. The third-order valence-corrected chi connectivity index (χ3v) is 6.05. The van der Waals surface area contributed by atoms with Gasteiger partial charge < -0.3 is 0 Å². The molecule has 0 saturated carbocycles. The minimum Gasteiger partial charge on any atom is -0.296 e. The van der Waals surface area contributed by atoms with Crippen LogP contribution in [0.5, 0.6) is 0 Å². The molecule has 1 heterocycles. The Morgan fingerprint density at radius 3 is 2.48 bits per heavy atom. The zero-order chi connectivity index (χ0) is 17.8. The average Bonchev–Trinajstić information content (AvgIpc) is 3.02. The van der Waals surface area contributed by atoms with E-state index in [9.17, 15) is 4.79 Å². The van der Waals surface area contributed by atoms with Gasteiger partial charge in [0.25, 0.3) is 5.91 Å². The monoisotopic (exact) mass is 409 g/mol. The number of thioether (sulfide) groups is 1. The smallest absolute Gasteiger partial charge is 0.257 e. The van der Waals surface area contributed by atoms with Crippen molar-refractivity contribution in [3.8, 4) is 0 Å². The molecule has 3 aromatic rings. The summed E-state index contributed by atoms with van der Waals surface area (Å²) in [6.45, 7) is 1.97. The maximum Gasteiger partial charge on any atom is 0.257 e. The molecule has 1 amide bonds. The van der Waals surface area contributed by atoms with E-state index >= 15 is 0 Å². The van der Waals surface area contributed by atoms with Gasteiger partial charge in [-0.2, -0.15) is 0 Å². The minimum absolute atomic E-state index is 0.207. The molecular formula is C17H13Cl2N3OS2. The van der Waals surface area contributed by atoms with Crippen LogP contribution in [-0.2, 0) is 5.75 Å². The molecule has 4 nitrogen and oxygen atoms in total. The number of aromatic nitrogens is 2. The van der Waals surface area contributed by atoms with Gasteiger partial charge in [-0.15, -0.1) is 10.2 Å². The molecule has 0 spiro atoms. The highest BCUT2D eigenvalue weighted by atomic mass is 35.5. The van der Waals surface area contributed by atoms with E-state index < -0.39 is 0 Å². The van der Waals surface area contributed by atoms with Gasteiger partial charge in [0.15, 0.2) is 4.34 Å². The number of benzene rings is 2. The van der Waals surface area contributed by atoms with Gasteiger partial charge in [0.1, 0.15) is 0 Å². The van der Waals surface area contributed by atoms with Crippen molar-refractivity contribution in [2.75, 3.05) is 5.32 Å². The third kappa shape index (κ3) is 4.73. The summed E-state index contributed by atoms with van der Waals surface area (Å²) in [6, 6.07) is 12.8. The van der Waals surface area contributed by atoms with E-state index in [0.29, 0.717) is 26.5 Å². The molecule has 0 saturated heterocycles. The van der Waals surface area contributed by atoms with E-state index in [1.165, 1.54) is 23.1 Å². The number of hydrogen-bond acceptors (Lipinski definition) is 5. The number of carbonyl (C=O) groups is 1. The van der Waals surface area contributed by atoms with Crippen LogP contribution in [-0.4, -0.2) is 16.1 Å². The van der Waals surface area contributed by atoms with Crippen molar-refractivity contribution >= 4 is 57.3 Å². The molecule has 0 atom stereocenters. The lowest BCUT2D eigenvalue weighted by atomic mass is 10.1. The summed E-state index contributed by atoms with van der Waals surface area (Å²) in [5, 5.41) is 12.5. The summed E-state index contributed by atoms with van der Waals surface area (Å²) in [6.07, 6.45) is 0. The highest BCUT2D eigenvalue weighted by molar-refractivity contribution is 8.00. The Labute approximate surface area is 163 Å². The fraction of sp³-hybridized carbons (Fsp3) is 0.118. The number of nitrogens with zero attached hydrogens (tertiary/aromatic N) is 2. The molecule has 0 bridgehead atoms. The van der Waals surface area contributed by atoms with E-state index in [1.54, 1.807) is 24.3 Å². The number of rotatable bonds is 5. The number of anilines is 1. The van der Waals surface area contributed by atoms with E-state index in [0.717, 1.165) is 15.5 Å². The third-order valence-electron chi connectivity index (χ3n) is 3.34. The Balaban J connectivity index is 1.62. The first-order valence-electron chi connectivity index (χ1n) is 7.30. The molecule has 0 radical (unpaired) electrons. The zero-order valence-electron chi connectivity index (χ0n) is 13.1. The number of carbonyl (C=O) groups excluding carboxylic acids is 1. The lowest BCUT2D eigenvalue weighted by Gasteiger charge is -2.04. The summed E-state index contributed by atoms with van der Waals surface area (Å²) >= 11 is 15.1. The van der Waals surface area contributed by atoms with Crippen LogP contribution in [0.15, 0.2) is 46.8 Å². The van der Waals surface area contributed by atoms with Crippen LogP contribution >= 0.6 is 46.3 Å². The SMILES string of the molecule is Cc1ccc(C(=O)Nc2nnc(SCc3c(Cl)cccc3Cl)s2)cc1. The predicted octanol–water partition coefficient (Wildman–Crippen LogP) is 5.70. The highest BCUT2D eigenvalue weighted by Crippen LogP contribution is 2.33. The lowest BCUT2D eigenvalue weighted by Crippen LogP contribution is -2.11. The molecule has 3 rings (SSSR count). The Bertz CT molecular complexity index is 877. The van der Waals surface area contributed by atoms with Crippen LogP contribution in [0.4, 0.5) is 5.13 Å². The van der Waals surface area contributed by atoms with Crippen molar-refractivity contribution in [2.24, 2.45) is 0 Å². The van der Waals surface area contributed by atoms with Crippen molar-refractivity contribution in [3.63, 3.8) is 0 Å². The first-order chi connectivity index (χ1) is 12.0. The fourth-order valence-electron chi connectivity index (χ4n) is 2.00. The Hall–Kier alpha value is -1.60. The van der Waals surface area contributed by atoms with E-state index in [4.69, 9.17) is 23.2 Å². The fourth-order valence-corrected chi connectivity index (χ4v) is 4.49. The Morgan fingerprint density at radius 2 is 1.80 bits per heavy atom. The van der Waals surface area contributed by atoms with Gasteiger partial charge in [-0.3, -0.25) is 10.1 Å². The highest BCUT2D eigenvalue weighted by Gasteiger charge is 2.12. The quantitative estimate of drug-likeness (QED) is 0.433. The lowest BCUT2D eigenvalue weighted by molar-refractivity contribution is 0.102. The maximum absolute atomic E-state index is 12.2. The number of halogens is 2. The van der Waals surface area contributed by atoms with E-state index in [2.05, 4.69) is 15.5 Å². The molecule has 25 heavy (non-hydrogen) atoms. The van der Waals surface area contributed by atoms with Gasteiger partial charge in [-0.05, 0) is 36.8 Å². The molecular weight excluding hydrogens is 397 g/mol. The van der Waals surface area contributed by atoms with Crippen molar-refractivity contribution in [2.45, 2.75) is 17.0 Å². The summed E-state index contributed by atoms with van der Waals surface area (Å²) in [5.74, 6) is 0.376. The first kappa shape index (κ1) is 18.2. The molecule has 0 unspecified atom stereocenters. The molecule has 128 valence electrons. The van der Waals surface area contributed by atoms with E-state index in [-0.39, 0.29) is 5.91 Å². The molecule has 0 fully saturated rings. The number of aryl methyl sites for hydroxylation is 1. The Morgan fingerprint density at radius 1 is 1.12 bits per heavy atom. The van der Waals surface area contributed by atoms with Gasteiger partial charge in [0, 0.05) is 21.4 Å². The second-order valence-electron chi connectivity index (χ2n) is 5.18. The predicted molar refractivity (Wildman–Crippen MR) is 105 cm³/mol. The summed E-state index contributed by atoms with van der Waals surface area (Å²) < 4.78 is 0.732. The van der Waals surface area contributed by atoms with Crippen LogP contribution in [0.1, 0.15) is 21.5 Å². The summed E-state index contributed by atoms with van der Waals surface area (Å²) in [4.78, 5) is 12.2. The first-order valence-corrected chi connectivity index (χ1v) is 9.86. The van der Waals surface area contributed by atoms with Crippen molar-refractivity contribution in [3.05, 3.63) is 69.2 Å². The van der Waals surface area contributed by atoms with Crippen molar-refractivity contribution in [1.29, 1.82) is 0 Å². The van der Waals surface area contributed by atoms with Crippen LogP contribution < -0.4 is 5.32 Å². The number of amides is 1. The topological polar surface area (TPSA) is 54.9 Å². The van der Waals surface area contributed by atoms with Gasteiger partial charge >= 0.3 is 0 Å². The normalized spacial score (nSPS) is 10.7. The molecule has 8 heteroatoms. The second kappa shape index (κ2) is 8.19. The van der Waals surface area contributed by atoms with E-state index in [1.807, 2.05) is 25.1 Å². The standard InChI is InChI=1S/C17H13Cl2N3OS2/c1-10-5-7-11(8-6-10)15(23)20-16-21-22-17(25-16)24-9-12-13(18)3-2-4-14(12)19/h2-8H,9H2,1H3,(H,20,21,23). The number of nitrogens with one attached hydrogen (secondary N) is 1. The largest absolute Gasteiger partial charge is 0.296 e.